The van der Waals surface area contributed by atoms with Crippen LogP contribution in [0.1, 0.15) is 42.0 Å². The van der Waals surface area contributed by atoms with E-state index in [1.54, 1.807) is 0 Å². The first kappa shape index (κ1) is 24.6. The lowest BCUT2D eigenvalue weighted by Gasteiger charge is -2.09. The molecule has 190 valence electrons. The first-order valence-electron chi connectivity index (χ1n) is 13.4. The molecule has 0 fully saturated rings. The Bertz CT molecular complexity index is 1900. The van der Waals surface area contributed by atoms with E-state index in [1.807, 2.05) is 0 Å². The molecule has 0 N–H and O–H groups in total. The predicted octanol–water partition coefficient (Wildman–Crippen LogP) is 9.02. The largest absolute Gasteiger partial charge is 0.454 e. The smallest absolute Gasteiger partial charge is 0.216 e. The number of benzene rings is 4. The van der Waals surface area contributed by atoms with E-state index >= 15 is 0 Å². The van der Waals surface area contributed by atoms with E-state index in [1.165, 1.54) is 16.7 Å². The molecule has 0 aliphatic heterocycles. The van der Waals surface area contributed by atoms with E-state index in [0.717, 1.165) is 49.9 Å². The zero-order valence-corrected chi connectivity index (χ0v) is 23.0. The van der Waals surface area contributed by atoms with Gasteiger partial charge in [-0.3, -0.25) is 0 Å². The topological polar surface area (TPSA) is 40.8 Å². The number of aryl methyl sites for hydroxylation is 3. The van der Waals surface area contributed by atoms with Gasteiger partial charge in [-0.2, -0.15) is 5.26 Å². The van der Waals surface area contributed by atoms with Crippen LogP contribution in [0.15, 0.2) is 95.5 Å². The molecule has 0 aliphatic rings. The van der Waals surface area contributed by atoms with Crippen molar-refractivity contribution in [1.29, 1.82) is 5.26 Å². The summed E-state index contributed by atoms with van der Waals surface area (Å²) in [6, 6.07) is 32.3. The SMILES string of the molecule is Cc1ccc(-c2ccc(-c3ccc4c(oc5c(-c6cc(C(C)C)cc[n+]6C)c(C)ccc54)c3C#N)cc2)cc1. The van der Waals surface area contributed by atoms with Gasteiger partial charge < -0.3 is 4.42 Å². The molecule has 0 atom stereocenters. The summed E-state index contributed by atoms with van der Waals surface area (Å²) >= 11 is 0. The number of fused-ring (bicyclic) bond motifs is 3. The average molecular weight is 508 g/mol. The zero-order chi connectivity index (χ0) is 27.3. The van der Waals surface area contributed by atoms with Crippen molar-refractivity contribution in [2.75, 3.05) is 0 Å². The monoisotopic (exact) mass is 507 g/mol. The maximum Gasteiger partial charge on any atom is 0.216 e. The maximum absolute atomic E-state index is 10.3. The number of nitrogens with zero attached hydrogens (tertiary/aromatic N) is 2. The fourth-order valence-corrected chi connectivity index (χ4v) is 5.45. The fourth-order valence-electron chi connectivity index (χ4n) is 5.45. The second kappa shape index (κ2) is 9.57. The Morgan fingerprint density at radius 1 is 0.744 bits per heavy atom. The molecule has 3 nitrogen and oxygen atoms in total. The molecule has 0 aliphatic carbocycles. The van der Waals surface area contributed by atoms with Crippen LogP contribution in [0, 0.1) is 25.2 Å². The Labute approximate surface area is 229 Å². The highest BCUT2D eigenvalue weighted by atomic mass is 16.3. The third kappa shape index (κ3) is 4.19. The van der Waals surface area contributed by atoms with Gasteiger partial charge in [-0.25, -0.2) is 4.57 Å². The number of hydrogen-bond acceptors (Lipinski definition) is 2. The van der Waals surface area contributed by atoms with Crippen molar-refractivity contribution in [3.63, 3.8) is 0 Å². The van der Waals surface area contributed by atoms with E-state index in [-0.39, 0.29) is 0 Å². The number of hydrogen-bond donors (Lipinski definition) is 0. The molecule has 0 amide bonds. The molecule has 0 saturated carbocycles. The quantitative estimate of drug-likeness (QED) is 0.223. The van der Waals surface area contributed by atoms with E-state index in [0.29, 0.717) is 17.1 Å². The number of rotatable bonds is 4. The molecule has 2 heterocycles. The molecule has 0 radical (unpaired) electrons. The molecule has 0 bridgehead atoms. The Morgan fingerprint density at radius 3 is 2.03 bits per heavy atom. The molecule has 0 unspecified atom stereocenters. The van der Waals surface area contributed by atoms with Crippen molar-refractivity contribution >= 4 is 21.9 Å². The minimum Gasteiger partial charge on any atom is -0.454 e. The first-order chi connectivity index (χ1) is 18.9. The minimum absolute atomic E-state index is 0.422. The lowest BCUT2D eigenvalue weighted by atomic mass is 9.94. The van der Waals surface area contributed by atoms with Crippen molar-refractivity contribution in [3.05, 3.63) is 113 Å². The highest BCUT2D eigenvalue weighted by Crippen LogP contribution is 2.41. The van der Waals surface area contributed by atoms with E-state index < -0.39 is 0 Å². The Morgan fingerprint density at radius 2 is 1.36 bits per heavy atom. The zero-order valence-electron chi connectivity index (χ0n) is 23.0. The summed E-state index contributed by atoms with van der Waals surface area (Å²) in [5, 5.41) is 12.3. The van der Waals surface area contributed by atoms with Gasteiger partial charge in [-0.15, -0.1) is 0 Å². The van der Waals surface area contributed by atoms with Crippen molar-refractivity contribution in [1.82, 2.24) is 0 Å². The van der Waals surface area contributed by atoms with Gasteiger partial charge in [-0.1, -0.05) is 86.1 Å². The summed E-state index contributed by atoms with van der Waals surface area (Å²) in [6.07, 6.45) is 2.12. The second-order valence-corrected chi connectivity index (χ2v) is 10.8. The van der Waals surface area contributed by atoms with Crippen molar-refractivity contribution in [2.45, 2.75) is 33.6 Å². The standard InChI is InChI=1S/C36H31N2O/c1-22(2)28-18-19-38(5)33(20-28)34-24(4)8-15-31-30-17-16-29(32(21-37)35(30)39-36(31)34)27-13-11-26(12-14-27)25-9-6-23(3)7-10-25/h6-20,22H,1-5H3/q+1. The lowest BCUT2D eigenvalue weighted by molar-refractivity contribution is -0.660. The lowest BCUT2D eigenvalue weighted by Crippen LogP contribution is -2.31. The summed E-state index contributed by atoms with van der Waals surface area (Å²) < 4.78 is 8.77. The fraction of sp³-hybridized carbons (Fsp3) is 0.167. The molecule has 39 heavy (non-hydrogen) atoms. The summed E-state index contributed by atoms with van der Waals surface area (Å²) in [5.41, 5.74) is 12.1. The maximum atomic E-state index is 10.3. The normalized spacial score (nSPS) is 11.4. The molecule has 3 heteroatoms. The second-order valence-electron chi connectivity index (χ2n) is 10.8. The molecular formula is C36H31N2O+. The molecule has 2 aromatic heterocycles. The first-order valence-corrected chi connectivity index (χ1v) is 13.4. The van der Waals surface area contributed by atoms with Crippen LogP contribution in [0.5, 0.6) is 0 Å². The van der Waals surface area contributed by atoms with Crippen LogP contribution in [-0.2, 0) is 7.05 Å². The van der Waals surface area contributed by atoms with Gasteiger partial charge in [0, 0.05) is 28.5 Å². The highest BCUT2D eigenvalue weighted by Gasteiger charge is 2.23. The molecule has 6 rings (SSSR count). The minimum atomic E-state index is 0.422. The van der Waals surface area contributed by atoms with E-state index in [4.69, 9.17) is 4.42 Å². The van der Waals surface area contributed by atoms with Gasteiger partial charge >= 0.3 is 0 Å². The van der Waals surface area contributed by atoms with Gasteiger partial charge in [-0.05, 0) is 53.6 Å². The Hall–Kier alpha value is -4.68. The van der Waals surface area contributed by atoms with Crippen molar-refractivity contribution in [2.24, 2.45) is 7.05 Å². The van der Waals surface area contributed by atoms with E-state index in [9.17, 15) is 5.26 Å². The van der Waals surface area contributed by atoms with Crippen LogP contribution in [-0.4, -0.2) is 0 Å². The predicted molar refractivity (Wildman–Crippen MR) is 159 cm³/mol. The van der Waals surface area contributed by atoms with E-state index in [2.05, 4.69) is 137 Å². The summed E-state index contributed by atoms with van der Waals surface area (Å²) in [5.74, 6) is 0.422. The molecule has 0 spiro atoms. The van der Waals surface area contributed by atoms with Crippen LogP contribution in [0.2, 0.25) is 0 Å². The molecule has 6 aromatic rings. The van der Waals surface area contributed by atoms with Gasteiger partial charge in [0.05, 0.1) is 5.56 Å². The van der Waals surface area contributed by atoms with Gasteiger partial charge in [0.15, 0.2) is 11.8 Å². The van der Waals surface area contributed by atoms with Crippen molar-refractivity contribution in [3.8, 4) is 39.6 Å². The third-order valence-electron chi connectivity index (χ3n) is 7.81. The molecule has 4 aromatic carbocycles. The third-order valence-corrected chi connectivity index (χ3v) is 7.81. The number of furan rings is 1. The average Bonchev–Trinajstić information content (AvgIpc) is 3.32. The summed E-state index contributed by atoms with van der Waals surface area (Å²) in [4.78, 5) is 0. The number of aromatic nitrogens is 1. The van der Waals surface area contributed by atoms with Crippen LogP contribution < -0.4 is 4.57 Å². The molecular weight excluding hydrogens is 476 g/mol. The van der Waals surface area contributed by atoms with Crippen molar-refractivity contribution < 1.29 is 8.98 Å². The molecule has 0 saturated heterocycles. The number of pyridine rings is 1. The summed E-state index contributed by atoms with van der Waals surface area (Å²) in [6.45, 7) is 8.64. The Balaban J connectivity index is 1.52. The Kier molecular flexibility index (Phi) is 6.04. The van der Waals surface area contributed by atoms with Crippen LogP contribution in [0.3, 0.4) is 0 Å². The number of nitriles is 1. The van der Waals surface area contributed by atoms with Crippen LogP contribution >= 0.6 is 0 Å². The summed E-state index contributed by atoms with van der Waals surface area (Å²) in [7, 11) is 2.07. The highest BCUT2D eigenvalue weighted by molar-refractivity contribution is 6.12. The van der Waals surface area contributed by atoms with Gasteiger partial charge in [0.2, 0.25) is 5.69 Å². The van der Waals surface area contributed by atoms with Crippen LogP contribution in [0.25, 0.3) is 55.4 Å². The van der Waals surface area contributed by atoms with Crippen LogP contribution in [0.4, 0.5) is 0 Å². The van der Waals surface area contributed by atoms with Gasteiger partial charge in [0.25, 0.3) is 0 Å². The van der Waals surface area contributed by atoms with Gasteiger partial charge in [0.1, 0.15) is 24.3 Å².